The molecule has 0 fully saturated rings. The van der Waals surface area contributed by atoms with Crippen molar-refractivity contribution in [3.63, 3.8) is 0 Å². The zero-order chi connectivity index (χ0) is 12.3. The molecule has 0 amide bonds. The third-order valence-corrected chi connectivity index (χ3v) is 2.24. The standard InChI is InChI=1S/C12H25NO2/c1-7-9(10(14)15)13-12(5,6)8-11(2,3)4/h9,13H,7-8H2,1-6H3,(H,14,15). The molecule has 15 heavy (non-hydrogen) atoms. The minimum Gasteiger partial charge on any atom is -0.480 e. The molecular weight excluding hydrogens is 190 g/mol. The fourth-order valence-electron chi connectivity index (χ4n) is 2.19. The fraction of sp³-hybridized carbons (Fsp3) is 0.917. The molecule has 0 saturated heterocycles. The maximum absolute atomic E-state index is 10.9. The number of hydrogen-bond donors (Lipinski definition) is 2. The number of aliphatic carboxylic acids is 1. The minimum atomic E-state index is -0.764. The average Bonchev–Trinajstić information content (AvgIpc) is 1.94. The van der Waals surface area contributed by atoms with Gasteiger partial charge in [-0.3, -0.25) is 10.1 Å². The van der Waals surface area contributed by atoms with Crippen LogP contribution in [-0.2, 0) is 4.79 Å². The molecule has 0 aromatic carbocycles. The van der Waals surface area contributed by atoms with Crippen molar-refractivity contribution in [3.05, 3.63) is 0 Å². The average molecular weight is 215 g/mol. The van der Waals surface area contributed by atoms with Crippen LogP contribution >= 0.6 is 0 Å². The number of carboxylic acid groups (broad SMARTS) is 1. The molecule has 3 nitrogen and oxygen atoms in total. The van der Waals surface area contributed by atoms with Gasteiger partial charge in [0.05, 0.1) is 0 Å². The second-order valence-electron chi connectivity index (χ2n) is 6.06. The zero-order valence-corrected chi connectivity index (χ0v) is 10.8. The van der Waals surface area contributed by atoms with Crippen molar-refractivity contribution in [1.29, 1.82) is 0 Å². The summed E-state index contributed by atoms with van der Waals surface area (Å²) in [4.78, 5) is 10.9. The molecule has 0 aromatic rings. The van der Waals surface area contributed by atoms with E-state index in [1.807, 2.05) is 6.92 Å². The molecule has 90 valence electrons. The van der Waals surface area contributed by atoms with Crippen molar-refractivity contribution in [3.8, 4) is 0 Å². The van der Waals surface area contributed by atoms with E-state index in [1.165, 1.54) is 0 Å². The topological polar surface area (TPSA) is 49.3 Å². The van der Waals surface area contributed by atoms with Crippen LogP contribution in [0.2, 0.25) is 0 Å². The molecule has 0 heterocycles. The van der Waals surface area contributed by atoms with Crippen molar-refractivity contribution >= 4 is 5.97 Å². The molecular formula is C12H25NO2. The predicted molar refractivity (Wildman–Crippen MR) is 63.0 cm³/mol. The van der Waals surface area contributed by atoms with E-state index in [2.05, 4.69) is 39.9 Å². The lowest BCUT2D eigenvalue weighted by Crippen LogP contribution is -2.50. The Morgan fingerprint density at radius 2 is 1.73 bits per heavy atom. The van der Waals surface area contributed by atoms with Gasteiger partial charge in [-0.2, -0.15) is 0 Å². The van der Waals surface area contributed by atoms with Crippen molar-refractivity contribution < 1.29 is 9.90 Å². The Hall–Kier alpha value is -0.570. The Kier molecular flexibility index (Phi) is 4.78. The highest BCUT2D eigenvalue weighted by atomic mass is 16.4. The molecule has 1 unspecified atom stereocenters. The first-order valence-electron chi connectivity index (χ1n) is 5.58. The molecule has 0 aliphatic carbocycles. The smallest absolute Gasteiger partial charge is 0.320 e. The molecule has 2 N–H and O–H groups in total. The monoisotopic (exact) mass is 215 g/mol. The van der Waals surface area contributed by atoms with Crippen LogP contribution in [0, 0.1) is 5.41 Å². The second kappa shape index (κ2) is 4.97. The Labute approximate surface area is 93.3 Å². The lowest BCUT2D eigenvalue weighted by Gasteiger charge is -2.35. The fourth-order valence-corrected chi connectivity index (χ4v) is 2.19. The number of carboxylic acids is 1. The Bertz CT molecular complexity index is 216. The second-order valence-corrected chi connectivity index (χ2v) is 6.06. The van der Waals surface area contributed by atoms with Crippen molar-refractivity contribution in [2.75, 3.05) is 0 Å². The van der Waals surface area contributed by atoms with E-state index in [9.17, 15) is 4.79 Å². The van der Waals surface area contributed by atoms with Crippen LogP contribution < -0.4 is 5.32 Å². The summed E-state index contributed by atoms with van der Waals surface area (Å²) in [5, 5.41) is 12.2. The van der Waals surface area contributed by atoms with E-state index in [1.54, 1.807) is 0 Å². The number of carbonyl (C=O) groups is 1. The maximum atomic E-state index is 10.9. The molecule has 0 bridgehead atoms. The van der Waals surface area contributed by atoms with Crippen molar-refractivity contribution in [1.82, 2.24) is 5.32 Å². The van der Waals surface area contributed by atoms with Gasteiger partial charge >= 0.3 is 5.97 Å². The van der Waals surface area contributed by atoms with E-state index >= 15 is 0 Å². The summed E-state index contributed by atoms with van der Waals surface area (Å²) in [5.41, 5.74) is 0.0601. The van der Waals surface area contributed by atoms with Gasteiger partial charge in [-0.25, -0.2) is 0 Å². The highest BCUT2D eigenvalue weighted by Gasteiger charge is 2.29. The molecule has 1 atom stereocenters. The maximum Gasteiger partial charge on any atom is 0.320 e. The van der Waals surface area contributed by atoms with Crippen molar-refractivity contribution in [2.24, 2.45) is 5.41 Å². The van der Waals surface area contributed by atoms with Crippen LogP contribution in [-0.4, -0.2) is 22.7 Å². The summed E-state index contributed by atoms with van der Waals surface area (Å²) in [6, 6.07) is -0.442. The van der Waals surface area contributed by atoms with E-state index in [-0.39, 0.29) is 11.0 Å². The zero-order valence-electron chi connectivity index (χ0n) is 10.8. The summed E-state index contributed by atoms with van der Waals surface area (Å²) < 4.78 is 0. The van der Waals surface area contributed by atoms with Crippen LogP contribution in [0.3, 0.4) is 0 Å². The highest BCUT2D eigenvalue weighted by molar-refractivity contribution is 5.73. The summed E-state index contributed by atoms with van der Waals surface area (Å²) in [7, 11) is 0. The lowest BCUT2D eigenvalue weighted by molar-refractivity contribution is -0.140. The van der Waals surface area contributed by atoms with Gasteiger partial charge in [0.15, 0.2) is 0 Å². The minimum absolute atomic E-state index is 0.142. The first-order valence-corrected chi connectivity index (χ1v) is 5.58. The molecule has 0 aromatic heterocycles. The van der Waals surface area contributed by atoms with Gasteiger partial charge in [-0.1, -0.05) is 27.7 Å². The Morgan fingerprint density at radius 1 is 1.27 bits per heavy atom. The summed E-state index contributed by atoms with van der Waals surface area (Å²) >= 11 is 0. The van der Waals surface area contributed by atoms with Gasteiger partial charge in [0.2, 0.25) is 0 Å². The molecule has 0 spiro atoms. The summed E-state index contributed by atoms with van der Waals surface area (Å²) in [6.45, 7) is 12.5. The Morgan fingerprint density at radius 3 is 2.00 bits per heavy atom. The van der Waals surface area contributed by atoms with E-state index in [0.29, 0.717) is 6.42 Å². The van der Waals surface area contributed by atoms with Gasteiger partial charge in [0.1, 0.15) is 6.04 Å². The molecule has 0 radical (unpaired) electrons. The van der Waals surface area contributed by atoms with Crippen LogP contribution in [0.1, 0.15) is 54.4 Å². The highest BCUT2D eigenvalue weighted by Crippen LogP contribution is 2.27. The Balaban J connectivity index is 4.41. The van der Waals surface area contributed by atoms with Gasteiger partial charge in [0.25, 0.3) is 0 Å². The normalized spacial score (nSPS) is 15.1. The van der Waals surface area contributed by atoms with Crippen LogP contribution in [0.5, 0.6) is 0 Å². The predicted octanol–water partition coefficient (Wildman–Crippen LogP) is 2.65. The lowest BCUT2D eigenvalue weighted by atomic mass is 9.81. The molecule has 3 heteroatoms. The largest absolute Gasteiger partial charge is 0.480 e. The summed E-state index contributed by atoms with van der Waals surface area (Å²) in [6.07, 6.45) is 1.56. The van der Waals surface area contributed by atoms with E-state index < -0.39 is 12.0 Å². The first-order chi connectivity index (χ1) is 6.57. The third kappa shape index (κ3) is 6.50. The number of nitrogens with one attached hydrogen (secondary N) is 1. The van der Waals surface area contributed by atoms with Crippen LogP contribution in [0.25, 0.3) is 0 Å². The number of hydrogen-bond acceptors (Lipinski definition) is 2. The first kappa shape index (κ1) is 14.4. The van der Waals surface area contributed by atoms with E-state index in [4.69, 9.17) is 5.11 Å². The quantitative estimate of drug-likeness (QED) is 0.741. The number of rotatable bonds is 5. The van der Waals surface area contributed by atoms with Gasteiger partial charge in [-0.15, -0.1) is 0 Å². The van der Waals surface area contributed by atoms with Crippen molar-refractivity contribution in [2.45, 2.75) is 66.0 Å². The molecule has 0 saturated carbocycles. The van der Waals surface area contributed by atoms with E-state index in [0.717, 1.165) is 6.42 Å². The molecule has 0 aliphatic heterocycles. The third-order valence-electron chi connectivity index (χ3n) is 2.24. The van der Waals surface area contributed by atoms with Gasteiger partial charge < -0.3 is 5.11 Å². The molecule has 0 aliphatic rings. The molecule has 0 rings (SSSR count). The van der Waals surface area contributed by atoms with Gasteiger partial charge in [-0.05, 0) is 32.1 Å². The SMILES string of the molecule is CCC(NC(C)(C)CC(C)(C)C)C(=O)O. The van der Waals surface area contributed by atoms with Gasteiger partial charge in [0, 0.05) is 5.54 Å². The summed E-state index contributed by atoms with van der Waals surface area (Å²) in [5.74, 6) is -0.764. The van der Waals surface area contributed by atoms with Crippen LogP contribution in [0.4, 0.5) is 0 Å². The van der Waals surface area contributed by atoms with Crippen LogP contribution in [0.15, 0.2) is 0 Å².